The minimum atomic E-state index is 0.114. The molecule has 1 radical (unpaired) electrons. The first kappa shape index (κ1) is 10.0. The van der Waals surface area contributed by atoms with Gasteiger partial charge in [-0.25, -0.2) is 5.11 Å². The fraction of sp³-hybridized carbons (Fsp3) is 1.00. The number of nitrogens with zero attached hydrogens (tertiary/aromatic N) is 1. The van der Waals surface area contributed by atoms with Crippen LogP contribution in [0.5, 0.6) is 0 Å². The van der Waals surface area contributed by atoms with Gasteiger partial charge in [-0.05, 0) is 44.7 Å². The number of likely N-dealkylation sites (tertiary alicyclic amines) is 1. The maximum atomic E-state index is 10.3. The van der Waals surface area contributed by atoms with Gasteiger partial charge < -0.3 is 4.90 Å². The Balaban J connectivity index is 2.16. The predicted octanol–water partition coefficient (Wildman–Crippen LogP) is 1.93. The molecule has 1 rings (SSSR count). The topological polar surface area (TPSA) is 23.1 Å². The van der Waals surface area contributed by atoms with Gasteiger partial charge in [0.15, 0.2) is 0 Å². The second-order valence-electron chi connectivity index (χ2n) is 3.75. The summed E-state index contributed by atoms with van der Waals surface area (Å²) in [6, 6.07) is 0. The summed E-state index contributed by atoms with van der Waals surface area (Å²) in [5, 5.41) is 10.3. The van der Waals surface area contributed by atoms with E-state index < -0.39 is 0 Å². The third kappa shape index (κ3) is 3.11. The van der Waals surface area contributed by atoms with E-state index in [1.807, 2.05) is 0 Å². The van der Waals surface area contributed by atoms with Gasteiger partial charge in [0.2, 0.25) is 0 Å². The molecule has 1 aliphatic rings. The molecule has 1 aliphatic heterocycles. The van der Waals surface area contributed by atoms with E-state index in [0.717, 1.165) is 18.8 Å². The summed E-state index contributed by atoms with van der Waals surface area (Å²) in [4.78, 5) is 2.50. The quantitative estimate of drug-likeness (QED) is 0.632. The summed E-state index contributed by atoms with van der Waals surface area (Å²) in [5.74, 6) is 0.813. The summed E-state index contributed by atoms with van der Waals surface area (Å²) >= 11 is 0. The van der Waals surface area contributed by atoms with Crippen LogP contribution in [0, 0.1) is 5.92 Å². The SMILES string of the molecule is CCN1CCCC(CCC[O])C1. The zero-order valence-corrected chi connectivity index (χ0v) is 8.09. The predicted molar refractivity (Wildman–Crippen MR) is 49.6 cm³/mol. The number of hydrogen-bond acceptors (Lipinski definition) is 1. The molecular formula is C10H20NO. The fourth-order valence-electron chi connectivity index (χ4n) is 2.05. The Bertz CT molecular complexity index is 116. The van der Waals surface area contributed by atoms with Crippen molar-refractivity contribution in [2.45, 2.75) is 32.6 Å². The molecule has 71 valence electrons. The zero-order chi connectivity index (χ0) is 8.81. The van der Waals surface area contributed by atoms with Crippen molar-refractivity contribution in [1.29, 1.82) is 0 Å². The summed E-state index contributed by atoms with van der Waals surface area (Å²) < 4.78 is 0. The molecule has 0 aromatic rings. The van der Waals surface area contributed by atoms with Crippen LogP contribution in [0.2, 0.25) is 0 Å². The van der Waals surface area contributed by atoms with Gasteiger partial charge in [-0.3, -0.25) is 0 Å². The van der Waals surface area contributed by atoms with E-state index in [9.17, 15) is 5.11 Å². The van der Waals surface area contributed by atoms with Crippen LogP contribution in [-0.4, -0.2) is 31.1 Å². The largest absolute Gasteiger partial charge is 0.303 e. The van der Waals surface area contributed by atoms with E-state index in [-0.39, 0.29) is 6.61 Å². The second-order valence-corrected chi connectivity index (χ2v) is 3.75. The van der Waals surface area contributed by atoms with Gasteiger partial charge >= 0.3 is 0 Å². The van der Waals surface area contributed by atoms with Crippen molar-refractivity contribution in [3.8, 4) is 0 Å². The highest BCUT2D eigenvalue weighted by Crippen LogP contribution is 2.20. The maximum absolute atomic E-state index is 10.3. The highest BCUT2D eigenvalue weighted by atomic mass is 16.2. The molecule has 0 aromatic carbocycles. The van der Waals surface area contributed by atoms with Gasteiger partial charge in [0, 0.05) is 6.54 Å². The van der Waals surface area contributed by atoms with E-state index in [0.29, 0.717) is 0 Å². The first-order valence-electron chi connectivity index (χ1n) is 5.17. The standard InChI is InChI=1S/C10H20NO/c1-2-11-7-3-5-10(9-11)6-4-8-12/h10H,2-9H2,1H3. The van der Waals surface area contributed by atoms with Crippen LogP contribution in [0.1, 0.15) is 32.6 Å². The van der Waals surface area contributed by atoms with E-state index in [4.69, 9.17) is 0 Å². The summed E-state index contributed by atoms with van der Waals surface area (Å²) in [6.07, 6.45) is 4.70. The van der Waals surface area contributed by atoms with E-state index in [1.54, 1.807) is 0 Å². The average molecular weight is 170 g/mol. The van der Waals surface area contributed by atoms with E-state index in [1.165, 1.54) is 32.5 Å². The third-order valence-electron chi connectivity index (χ3n) is 2.81. The van der Waals surface area contributed by atoms with Crippen molar-refractivity contribution in [2.24, 2.45) is 5.92 Å². The number of rotatable bonds is 4. The normalized spacial score (nSPS) is 26.0. The zero-order valence-electron chi connectivity index (χ0n) is 8.09. The van der Waals surface area contributed by atoms with Crippen LogP contribution >= 0.6 is 0 Å². The molecule has 1 heterocycles. The molecule has 12 heavy (non-hydrogen) atoms. The molecule has 0 aliphatic carbocycles. The Labute approximate surface area is 75.6 Å². The van der Waals surface area contributed by atoms with Crippen LogP contribution < -0.4 is 0 Å². The highest BCUT2D eigenvalue weighted by Gasteiger charge is 2.17. The van der Waals surface area contributed by atoms with Crippen LogP contribution in [0.3, 0.4) is 0 Å². The van der Waals surface area contributed by atoms with Crippen LogP contribution in [0.25, 0.3) is 0 Å². The van der Waals surface area contributed by atoms with Crippen LogP contribution in [0.15, 0.2) is 0 Å². The molecule has 0 spiro atoms. The monoisotopic (exact) mass is 170 g/mol. The Hall–Kier alpha value is -0.0800. The minimum absolute atomic E-state index is 0.114. The highest BCUT2D eigenvalue weighted by molar-refractivity contribution is 4.71. The van der Waals surface area contributed by atoms with Crippen molar-refractivity contribution in [3.05, 3.63) is 0 Å². The molecule has 1 fully saturated rings. The average Bonchev–Trinajstić information content (AvgIpc) is 2.15. The van der Waals surface area contributed by atoms with E-state index >= 15 is 0 Å². The first-order chi connectivity index (χ1) is 5.86. The Kier molecular flexibility index (Phi) is 4.62. The molecule has 2 heteroatoms. The van der Waals surface area contributed by atoms with Gasteiger partial charge in [-0.1, -0.05) is 6.92 Å². The Morgan fingerprint density at radius 3 is 3.00 bits per heavy atom. The second kappa shape index (κ2) is 5.55. The third-order valence-corrected chi connectivity index (χ3v) is 2.81. The van der Waals surface area contributed by atoms with Crippen molar-refractivity contribution >= 4 is 0 Å². The molecule has 1 saturated heterocycles. The number of piperidine rings is 1. The minimum Gasteiger partial charge on any atom is -0.303 e. The molecule has 1 unspecified atom stereocenters. The summed E-state index contributed by atoms with van der Waals surface area (Å²) in [6.45, 7) is 6.01. The maximum Gasteiger partial charge on any atom is 0.0822 e. The lowest BCUT2D eigenvalue weighted by atomic mass is 9.94. The molecular weight excluding hydrogens is 150 g/mol. The molecule has 0 aromatic heterocycles. The molecule has 0 bridgehead atoms. The number of hydrogen-bond donors (Lipinski definition) is 0. The van der Waals surface area contributed by atoms with Gasteiger partial charge in [0.25, 0.3) is 0 Å². The molecule has 0 saturated carbocycles. The fourth-order valence-corrected chi connectivity index (χ4v) is 2.05. The van der Waals surface area contributed by atoms with E-state index in [2.05, 4.69) is 11.8 Å². The van der Waals surface area contributed by atoms with Gasteiger partial charge in [-0.15, -0.1) is 0 Å². The van der Waals surface area contributed by atoms with Crippen LogP contribution in [0.4, 0.5) is 0 Å². The Morgan fingerprint density at radius 1 is 1.50 bits per heavy atom. The lowest BCUT2D eigenvalue weighted by Crippen LogP contribution is -2.35. The molecule has 1 atom stereocenters. The summed E-state index contributed by atoms with van der Waals surface area (Å²) in [7, 11) is 0. The van der Waals surface area contributed by atoms with Crippen molar-refractivity contribution in [1.82, 2.24) is 4.90 Å². The van der Waals surface area contributed by atoms with Gasteiger partial charge in [0.1, 0.15) is 0 Å². The van der Waals surface area contributed by atoms with Gasteiger partial charge in [0.05, 0.1) is 6.61 Å². The Morgan fingerprint density at radius 2 is 2.33 bits per heavy atom. The molecule has 0 amide bonds. The summed E-state index contributed by atoms with van der Waals surface area (Å²) in [5.41, 5.74) is 0. The van der Waals surface area contributed by atoms with Crippen molar-refractivity contribution in [3.63, 3.8) is 0 Å². The van der Waals surface area contributed by atoms with Crippen LogP contribution in [-0.2, 0) is 5.11 Å². The lowest BCUT2D eigenvalue weighted by molar-refractivity contribution is 0.147. The van der Waals surface area contributed by atoms with Crippen molar-refractivity contribution < 1.29 is 5.11 Å². The van der Waals surface area contributed by atoms with Gasteiger partial charge in [-0.2, -0.15) is 0 Å². The first-order valence-corrected chi connectivity index (χ1v) is 5.17. The molecule has 2 nitrogen and oxygen atoms in total. The lowest BCUT2D eigenvalue weighted by Gasteiger charge is -2.31. The van der Waals surface area contributed by atoms with Crippen molar-refractivity contribution in [2.75, 3.05) is 26.2 Å². The smallest absolute Gasteiger partial charge is 0.0822 e. The molecule has 0 N–H and O–H groups in total.